The van der Waals surface area contributed by atoms with Gasteiger partial charge in [-0.1, -0.05) is 21.9 Å². The van der Waals surface area contributed by atoms with Crippen molar-refractivity contribution in [1.29, 1.82) is 0 Å². The van der Waals surface area contributed by atoms with Crippen molar-refractivity contribution in [3.63, 3.8) is 0 Å². The predicted octanol–water partition coefficient (Wildman–Crippen LogP) is 1.41. The van der Waals surface area contributed by atoms with Gasteiger partial charge in [-0.25, -0.2) is 4.98 Å². The third-order valence-electron chi connectivity index (χ3n) is 1.07. The van der Waals surface area contributed by atoms with Crippen LogP contribution in [0.1, 0.15) is 5.69 Å². The van der Waals surface area contributed by atoms with Gasteiger partial charge in [-0.15, -0.1) is 0 Å². The maximum atomic E-state index is 5.51. The first kappa shape index (κ1) is 8.09. The summed E-state index contributed by atoms with van der Waals surface area (Å²) in [6.07, 6.45) is 1.65. The van der Waals surface area contributed by atoms with E-state index in [1.54, 1.807) is 18.3 Å². The first-order valence-corrected chi connectivity index (χ1v) is 4.21. The van der Waals surface area contributed by atoms with Crippen LogP contribution in [0.25, 0.3) is 0 Å². The number of hydrogen-bond acceptors (Lipinski definition) is 2. The van der Waals surface area contributed by atoms with E-state index in [-0.39, 0.29) is 0 Å². The Morgan fingerprint density at radius 2 is 2.45 bits per heavy atom. The monoisotopic (exact) mass is 210 g/mol. The molecule has 1 rings (SSSR count). The van der Waals surface area contributed by atoms with Crippen LogP contribution in [0.4, 0.5) is 5.69 Å². The van der Waals surface area contributed by atoms with E-state index in [1.807, 2.05) is 0 Å². The molecule has 1 heterocycles. The van der Waals surface area contributed by atoms with Gasteiger partial charge in [0.15, 0.2) is 0 Å². The van der Waals surface area contributed by atoms with Crippen LogP contribution < -0.4 is 5.73 Å². The quantitative estimate of drug-likeness (QED) is 0.520. The van der Waals surface area contributed by atoms with Crippen molar-refractivity contribution in [2.75, 3.05) is 11.1 Å². The number of aromatic nitrogens is 1. The van der Waals surface area contributed by atoms with Gasteiger partial charge in [0, 0.05) is 11.9 Å². The SMILES string of the molecule is Nc1ccnc(C#CCBr)c1. The van der Waals surface area contributed by atoms with E-state index in [9.17, 15) is 0 Å². The van der Waals surface area contributed by atoms with Gasteiger partial charge in [0.2, 0.25) is 0 Å². The first-order valence-electron chi connectivity index (χ1n) is 3.09. The van der Waals surface area contributed by atoms with Crippen molar-refractivity contribution in [3.8, 4) is 11.8 Å². The highest BCUT2D eigenvalue weighted by Gasteiger charge is 1.87. The summed E-state index contributed by atoms with van der Waals surface area (Å²) in [6, 6.07) is 3.48. The average molecular weight is 211 g/mol. The van der Waals surface area contributed by atoms with Gasteiger partial charge in [0.1, 0.15) is 5.69 Å². The Hall–Kier alpha value is -1.01. The van der Waals surface area contributed by atoms with E-state index in [1.165, 1.54) is 0 Å². The number of pyridine rings is 1. The normalized spacial score (nSPS) is 8.45. The highest BCUT2D eigenvalue weighted by atomic mass is 79.9. The van der Waals surface area contributed by atoms with E-state index in [4.69, 9.17) is 5.73 Å². The molecule has 0 unspecified atom stereocenters. The topological polar surface area (TPSA) is 38.9 Å². The summed E-state index contributed by atoms with van der Waals surface area (Å²) in [4.78, 5) is 4.00. The van der Waals surface area contributed by atoms with Crippen molar-refractivity contribution in [2.45, 2.75) is 0 Å². The van der Waals surface area contributed by atoms with Gasteiger partial charge >= 0.3 is 0 Å². The summed E-state index contributed by atoms with van der Waals surface area (Å²) in [7, 11) is 0. The lowest BCUT2D eigenvalue weighted by Crippen LogP contribution is -1.87. The molecule has 0 aromatic carbocycles. The van der Waals surface area contributed by atoms with Gasteiger partial charge in [0.05, 0.1) is 5.33 Å². The highest BCUT2D eigenvalue weighted by Crippen LogP contribution is 2.00. The summed E-state index contributed by atoms with van der Waals surface area (Å²) < 4.78 is 0. The minimum absolute atomic E-state index is 0.656. The van der Waals surface area contributed by atoms with E-state index in [0.717, 1.165) is 0 Å². The Kier molecular flexibility index (Phi) is 2.94. The number of hydrogen-bond donors (Lipinski definition) is 1. The van der Waals surface area contributed by atoms with E-state index >= 15 is 0 Å². The van der Waals surface area contributed by atoms with Crippen LogP contribution in [0.3, 0.4) is 0 Å². The number of rotatable bonds is 0. The number of nitrogens with zero attached hydrogens (tertiary/aromatic N) is 1. The summed E-state index contributed by atoms with van der Waals surface area (Å²) in [5.74, 6) is 5.69. The Morgan fingerprint density at radius 3 is 3.09 bits per heavy atom. The zero-order chi connectivity index (χ0) is 8.10. The molecular formula is C8H7BrN2. The van der Waals surface area contributed by atoms with E-state index in [2.05, 4.69) is 32.8 Å². The average Bonchev–Trinajstić information content (AvgIpc) is 2.01. The van der Waals surface area contributed by atoms with Gasteiger partial charge < -0.3 is 5.73 Å². The highest BCUT2D eigenvalue weighted by molar-refractivity contribution is 9.09. The molecule has 11 heavy (non-hydrogen) atoms. The summed E-state index contributed by atoms with van der Waals surface area (Å²) in [5.41, 5.74) is 6.92. The van der Waals surface area contributed by atoms with Crippen molar-refractivity contribution < 1.29 is 0 Å². The lowest BCUT2D eigenvalue weighted by atomic mass is 10.3. The van der Waals surface area contributed by atoms with Crippen LogP contribution in [0.2, 0.25) is 0 Å². The first-order chi connectivity index (χ1) is 5.33. The second-order valence-corrected chi connectivity index (χ2v) is 2.47. The molecule has 2 nitrogen and oxygen atoms in total. The molecule has 0 aliphatic carbocycles. The fourth-order valence-corrected chi connectivity index (χ4v) is 0.779. The third-order valence-corrected chi connectivity index (χ3v) is 1.35. The fraction of sp³-hybridized carbons (Fsp3) is 0.125. The van der Waals surface area contributed by atoms with Crippen LogP contribution in [-0.2, 0) is 0 Å². The smallest absolute Gasteiger partial charge is 0.115 e. The summed E-state index contributed by atoms with van der Waals surface area (Å²) in [6.45, 7) is 0. The van der Waals surface area contributed by atoms with Crippen LogP contribution >= 0.6 is 15.9 Å². The van der Waals surface area contributed by atoms with Crippen LogP contribution in [0.15, 0.2) is 18.3 Å². The zero-order valence-electron chi connectivity index (χ0n) is 5.84. The maximum absolute atomic E-state index is 5.51. The van der Waals surface area contributed by atoms with Crippen molar-refractivity contribution in [3.05, 3.63) is 24.0 Å². The Balaban J connectivity index is 2.87. The number of nitrogen functional groups attached to an aromatic ring is 1. The van der Waals surface area contributed by atoms with E-state index in [0.29, 0.717) is 16.7 Å². The van der Waals surface area contributed by atoms with Crippen molar-refractivity contribution in [2.24, 2.45) is 0 Å². The molecule has 0 saturated carbocycles. The number of anilines is 1. The molecule has 0 aliphatic heterocycles. The zero-order valence-corrected chi connectivity index (χ0v) is 7.43. The molecule has 0 atom stereocenters. The molecule has 0 aliphatic rings. The molecule has 0 saturated heterocycles. The third kappa shape index (κ3) is 2.60. The van der Waals surface area contributed by atoms with E-state index < -0.39 is 0 Å². The maximum Gasteiger partial charge on any atom is 0.115 e. The minimum atomic E-state index is 0.656. The Morgan fingerprint density at radius 1 is 1.64 bits per heavy atom. The molecule has 2 N–H and O–H groups in total. The lowest BCUT2D eigenvalue weighted by Gasteiger charge is -1.90. The van der Waals surface area contributed by atoms with Gasteiger partial charge in [0.25, 0.3) is 0 Å². The van der Waals surface area contributed by atoms with Crippen LogP contribution in [0, 0.1) is 11.8 Å². The summed E-state index contributed by atoms with van der Waals surface area (Å²) >= 11 is 3.19. The Bertz CT molecular complexity index is 298. The standard InChI is InChI=1S/C8H7BrN2/c9-4-1-2-8-6-7(10)3-5-11-8/h3,5-6H,4H2,(H2,10,11). The number of halogens is 1. The Labute approximate surface area is 74.0 Å². The van der Waals surface area contributed by atoms with Crippen LogP contribution in [-0.4, -0.2) is 10.3 Å². The molecule has 0 amide bonds. The number of nitrogens with two attached hydrogens (primary N) is 1. The lowest BCUT2D eigenvalue weighted by molar-refractivity contribution is 1.29. The molecule has 3 heteroatoms. The van der Waals surface area contributed by atoms with Gasteiger partial charge in [-0.2, -0.15) is 0 Å². The number of alkyl halides is 1. The fourth-order valence-electron chi connectivity index (χ4n) is 0.639. The molecule has 56 valence electrons. The molecule has 1 aromatic rings. The van der Waals surface area contributed by atoms with Gasteiger partial charge in [-0.05, 0) is 18.1 Å². The van der Waals surface area contributed by atoms with Crippen molar-refractivity contribution >= 4 is 21.6 Å². The molecule has 0 radical (unpaired) electrons. The molecule has 1 aromatic heterocycles. The predicted molar refractivity (Wildman–Crippen MR) is 49.3 cm³/mol. The van der Waals surface area contributed by atoms with Gasteiger partial charge in [-0.3, -0.25) is 0 Å². The second-order valence-electron chi connectivity index (χ2n) is 1.91. The molecule has 0 spiro atoms. The largest absolute Gasteiger partial charge is 0.399 e. The van der Waals surface area contributed by atoms with Crippen LogP contribution in [0.5, 0.6) is 0 Å². The molecule has 0 fully saturated rings. The summed E-state index contributed by atoms with van der Waals surface area (Å²) in [5, 5.41) is 0.656. The second kappa shape index (κ2) is 3.99. The molecular weight excluding hydrogens is 204 g/mol. The molecule has 0 bridgehead atoms. The minimum Gasteiger partial charge on any atom is -0.399 e. The van der Waals surface area contributed by atoms with Crippen molar-refractivity contribution in [1.82, 2.24) is 4.98 Å².